The molecule has 0 saturated carbocycles. The molecule has 0 atom stereocenters. The Labute approximate surface area is 106 Å². The minimum Gasteiger partial charge on any atom is -0.467 e. The number of aromatic nitrogens is 1. The van der Waals surface area contributed by atoms with Crippen LogP contribution in [0.1, 0.15) is 17.7 Å². The number of hydrogen-bond donors (Lipinski definition) is 1. The molecule has 98 valence electrons. The van der Waals surface area contributed by atoms with Crippen LogP contribution in [0.3, 0.4) is 0 Å². The van der Waals surface area contributed by atoms with Gasteiger partial charge in [-0.2, -0.15) is 13.2 Å². The predicted octanol–water partition coefficient (Wildman–Crippen LogP) is 3.53. The topological polar surface area (TPSA) is 38.1 Å². The van der Waals surface area contributed by atoms with Crippen molar-refractivity contribution in [3.8, 4) is 10.4 Å². The molecule has 18 heavy (non-hydrogen) atoms. The van der Waals surface area contributed by atoms with Crippen LogP contribution in [-0.4, -0.2) is 11.5 Å². The van der Waals surface area contributed by atoms with Crippen LogP contribution < -0.4 is 5.32 Å². The van der Waals surface area contributed by atoms with Gasteiger partial charge in [-0.25, -0.2) is 4.98 Å². The van der Waals surface area contributed by atoms with Gasteiger partial charge in [0.15, 0.2) is 5.01 Å². The van der Waals surface area contributed by atoms with E-state index in [-0.39, 0.29) is 0 Å². The summed E-state index contributed by atoms with van der Waals surface area (Å²) in [6, 6.07) is 1.65. The molecule has 0 bridgehead atoms. The summed E-state index contributed by atoms with van der Waals surface area (Å²) in [6.07, 6.45) is -1.70. The Hall–Kier alpha value is -1.34. The first-order valence-corrected chi connectivity index (χ1v) is 6.14. The van der Waals surface area contributed by atoms with E-state index in [2.05, 4.69) is 10.3 Å². The van der Waals surface area contributed by atoms with Gasteiger partial charge in [0, 0.05) is 11.8 Å². The van der Waals surface area contributed by atoms with Crippen molar-refractivity contribution in [2.24, 2.45) is 0 Å². The van der Waals surface area contributed by atoms with Gasteiger partial charge in [0.25, 0.3) is 0 Å². The summed E-state index contributed by atoms with van der Waals surface area (Å²) in [5.74, 6) is 0.620. The van der Waals surface area contributed by atoms with E-state index in [1.54, 1.807) is 6.07 Å². The molecule has 2 rings (SSSR count). The average molecular weight is 276 g/mol. The molecule has 7 heteroatoms. The molecule has 2 aromatic heterocycles. The van der Waals surface area contributed by atoms with Gasteiger partial charge in [-0.05, 0) is 12.6 Å². The fourth-order valence-electron chi connectivity index (χ4n) is 1.47. The lowest BCUT2D eigenvalue weighted by molar-refractivity contribution is -0.137. The van der Waals surface area contributed by atoms with Gasteiger partial charge >= 0.3 is 6.18 Å². The molecule has 0 aliphatic carbocycles. The molecule has 0 amide bonds. The quantitative estimate of drug-likeness (QED) is 0.928. The zero-order chi connectivity index (χ0) is 13.2. The molecule has 0 spiro atoms. The lowest BCUT2D eigenvalue weighted by atomic mass is 10.2. The highest BCUT2D eigenvalue weighted by atomic mass is 32.1. The third kappa shape index (κ3) is 2.73. The van der Waals surface area contributed by atoms with E-state index in [4.69, 9.17) is 4.42 Å². The SMILES string of the molecule is CCNCc1occc1-c1cnc(C(F)(F)F)s1. The smallest absolute Gasteiger partial charge is 0.443 e. The first-order chi connectivity index (χ1) is 8.52. The Balaban J connectivity index is 2.26. The summed E-state index contributed by atoms with van der Waals surface area (Å²) in [5.41, 5.74) is 0.656. The minimum atomic E-state index is -4.39. The van der Waals surface area contributed by atoms with Gasteiger partial charge in [-0.15, -0.1) is 11.3 Å². The Morgan fingerprint density at radius 2 is 2.22 bits per heavy atom. The zero-order valence-electron chi connectivity index (χ0n) is 9.54. The number of hydrogen-bond acceptors (Lipinski definition) is 4. The van der Waals surface area contributed by atoms with Crippen LogP contribution in [0.2, 0.25) is 0 Å². The summed E-state index contributed by atoms with van der Waals surface area (Å²) in [5, 5.41) is 2.23. The van der Waals surface area contributed by atoms with Gasteiger partial charge in [0.1, 0.15) is 5.76 Å². The zero-order valence-corrected chi connectivity index (χ0v) is 10.4. The summed E-state index contributed by atoms with van der Waals surface area (Å²) in [7, 11) is 0. The van der Waals surface area contributed by atoms with Crippen LogP contribution in [0, 0.1) is 0 Å². The molecule has 0 radical (unpaired) electrons. The molecule has 0 unspecified atom stereocenters. The number of rotatable bonds is 4. The molecule has 0 fully saturated rings. The van der Waals surface area contributed by atoms with Crippen LogP contribution in [0.25, 0.3) is 10.4 Å². The van der Waals surface area contributed by atoms with Gasteiger partial charge in [-0.3, -0.25) is 0 Å². The summed E-state index contributed by atoms with van der Waals surface area (Å²) in [6.45, 7) is 3.19. The Bertz CT molecular complexity index is 518. The predicted molar refractivity (Wildman–Crippen MR) is 62.2 cm³/mol. The van der Waals surface area contributed by atoms with Crippen molar-refractivity contribution in [2.45, 2.75) is 19.6 Å². The highest BCUT2D eigenvalue weighted by molar-refractivity contribution is 7.15. The van der Waals surface area contributed by atoms with Crippen molar-refractivity contribution in [3.63, 3.8) is 0 Å². The standard InChI is InChI=1S/C11H11F3N2OS/c1-2-15-5-8-7(3-4-17-8)9-6-16-10(18-9)11(12,13)14/h3-4,6,15H,2,5H2,1H3. The maximum Gasteiger partial charge on any atom is 0.443 e. The second-order valence-corrected chi connectivity index (χ2v) is 4.60. The summed E-state index contributed by atoms with van der Waals surface area (Å²) < 4.78 is 42.6. The van der Waals surface area contributed by atoms with Gasteiger partial charge in [0.2, 0.25) is 0 Å². The second kappa shape index (κ2) is 5.11. The van der Waals surface area contributed by atoms with E-state index in [0.717, 1.165) is 6.54 Å². The molecule has 0 aliphatic heterocycles. The van der Waals surface area contributed by atoms with Gasteiger partial charge in [0.05, 0.1) is 17.7 Å². The van der Waals surface area contributed by atoms with Crippen molar-refractivity contribution in [1.82, 2.24) is 10.3 Å². The number of nitrogens with zero attached hydrogens (tertiary/aromatic N) is 1. The molecular weight excluding hydrogens is 265 g/mol. The van der Waals surface area contributed by atoms with Crippen molar-refractivity contribution in [3.05, 3.63) is 29.3 Å². The van der Waals surface area contributed by atoms with Crippen molar-refractivity contribution >= 4 is 11.3 Å². The van der Waals surface area contributed by atoms with Crippen LogP contribution in [-0.2, 0) is 12.7 Å². The van der Waals surface area contributed by atoms with Crippen LogP contribution in [0.15, 0.2) is 22.9 Å². The Morgan fingerprint density at radius 3 is 2.83 bits per heavy atom. The largest absolute Gasteiger partial charge is 0.467 e. The van der Waals surface area contributed by atoms with E-state index in [0.29, 0.717) is 34.1 Å². The third-order valence-electron chi connectivity index (χ3n) is 2.29. The molecule has 0 aliphatic rings. The maximum absolute atomic E-state index is 12.5. The lowest BCUT2D eigenvalue weighted by Crippen LogP contribution is -2.11. The normalized spacial score (nSPS) is 12.0. The molecular formula is C11H11F3N2OS. The van der Waals surface area contributed by atoms with Crippen LogP contribution >= 0.6 is 11.3 Å². The van der Waals surface area contributed by atoms with E-state index in [1.807, 2.05) is 6.92 Å². The number of furan rings is 1. The maximum atomic E-state index is 12.5. The number of thiazole rings is 1. The minimum absolute atomic E-state index is 0.462. The number of alkyl halides is 3. The Kier molecular flexibility index (Phi) is 3.72. The van der Waals surface area contributed by atoms with E-state index < -0.39 is 11.2 Å². The fourth-order valence-corrected chi connectivity index (χ4v) is 2.29. The number of halogens is 3. The highest BCUT2D eigenvalue weighted by Crippen LogP contribution is 2.37. The molecule has 0 aromatic carbocycles. The average Bonchev–Trinajstić information content (AvgIpc) is 2.93. The Morgan fingerprint density at radius 1 is 1.44 bits per heavy atom. The van der Waals surface area contributed by atoms with Gasteiger partial charge in [-0.1, -0.05) is 6.92 Å². The monoisotopic (exact) mass is 276 g/mol. The van der Waals surface area contributed by atoms with Crippen LogP contribution in [0.5, 0.6) is 0 Å². The molecule has 1 N–H and O–H groups in total. The van der Waals surface area contributed by atoms with E-state index in [9.17, 15) is 13.2 Å². The van der Waals surface area contributed by atoms with E-state index in [1.165, 1.54) is 12.5 Å². The number of nitrogens with one attached hydrogen (secondary N) is 1. The fraction of sp³-hybridized carbons (Fsp3) is 0.364. The van der Waals surface area contributed by atoms with Crippen LogP contribution in [0.4, 0.5) is 13.2 Å². The second-order valence-electron chi connectivity index (χ2n) is 3.57. The molecule has 2 heterocycles. The summed E-state index contributed by atoms with van der Waals surface area (Å²) in [4.78, 5) is 3.86. The van der Waals surface area contributed by atoms with Crippen molar-refractivity contribution < 1.29 is 17.6 Å². The molecule has 0 saturated heterocycles. The van der Waals surface area contributed by atoms with Crippen molar-refractivity contribution in [1.29, 1.82) is 0 Å². The molecule has 3 nitrogen and oxygen atoms in total. The summed E-state index contributed by atoms with van der Waals surface area (Å²) >= 11 is 0.621. The van der Waals surface area contributed by atoms with E-state index >= 15 is 0 Å². The van der Waals surface area contributed by atoms with Gasteiger partial charge < -0.3 is 9.73 Å². The lowest BCUT2D eigenvalue weighted by Gasteiger charge is -2.01. The third-order valence-corrected chi connectivity index (χ3v) is 3.37. The first-order valence-electron chi connectivity index (χ1n) is 5.33. The first kappa shape index (κ1) is 13.1. The highest BCUT2D eigenvalue weighted by Gasteiger charge is 2.34. The molecule has 2 aromatic rings. The van der Waals surface area contributed by atoms with Crippen molar-refractivity contribution in [2.75, 3.05) is 6.54 Å².